The van der Waals surface area contributed by atoms with Crippen molar-refractivity contribution in [3.05, 3.63) is 12.3 Å². The zero-order chi connectivity index (χ0) is 11.5. The zero-order valence-electron chi connectivity index (χ0n) is 10.3. The normalized spacial score (nSPS) is 24.8. The summed E-state index contributed by atoms with van der Waals surface area (Å²) in [6.45, 7) is 8.57. The molecule has 1 aliphatic heterocycles. The molecule has 16 heavy (non-hydrogen) atoms. The van der Waals surface area contributed by atoms with Gasteiger partial charge in [-0.15, -0.1) is 0 Å². The van der Waals surface area contributed by atoms with E-state index in [1.54, 1.807) is 0 Å². The average molecular weight is 220 g/mol. The lowest BCUT2D eigenvalue weighted by atomic mass is 10.1. The molecule has 4 nitrogen and oxygen atoms in total. The lowest BCUT2D eigenvalue weighted by Crippen LogP contribution is -2.27. The van der Waals surface area contributed by atoms with E-state index in [0.29, 0.717) is 6.04 Å². The Morgan fingerprint density at radius 2 is 2.31 bits per heavy atom. The fourth-order valence-electron chi connectivity index (χ4n) is 2.37. The van der Waals surface area contributed by atoms with E-state index in [1.807, 2.05) is 12.3 Å². The number of nitrogens with zero attached hydrogens (tertiary/aromatic N) is 3. The Hall–Kier alpha value is -1.32. The first-order valence-corrected chi connectivity index (χ1v) is 6.04. The monoisotopic (exact) mass is 220 g/mol. The van der Waals surface area contributed by atoms with Gasteiger partial charge in [0.05, 0.1) is 0 Å². The van der Waals surface area contributed by atoms with E-state index < -0.39 is 0 Å². The van der Waals surface area contributed by atoms with Crippen molar-refractivity contribution < 1.29 is 0 Å². The maximum absolute atomic E-state index is 4.53. The maximum atomic E-state index is 4.53. The molecule has 0 radical (unpaired) electrons. The lowest BCUT2D eigenvalue weighted by Gasteiger charge is -2.22. The smallest absolute Gasteiger partial charge is 0.224 e. The molecule has 0 aromatic carbocycles. The maximum Gasteiger partial charge on any atom is 0.224 e. The lowest BCUT2D eigenvalue weighted by molar-refractivity contribution is 0.625. The summed E-state index contributed by atoms with van der Waals surface area (Å²) in [5.41, 5.74) is 0. The third-order valence-electron chi connectivity index (χ3n) is 3.05. The summed E-state index contributed by atoms with van der Waals surface area (Å²) < 4.78 is 0. The highest BCUT2D eigenvalue weighted by Gasteiger charge is 2.27. The molecule has 1 N–H and O–H groups in total. The third kappa shape index (κ3) is 2.26. The van der Waals surface area contributed by atoms with E-state index in [0.717, 1.165) is 30.8 Å². The van der Waals surface area contributed by atoms with Gasteiger partial charge in [-0.05, 0) is 32.3 Å². The van der Waals surface area contributed by atoms with Crippen molar-refractivity contribution in [2.24, 2.45) is 5.92 Å². The first-order chi connectivity index (χ1) is 7.70. The van der Waals surface area contributed by atoms with Crippen LogP contribution in [0.1, 0.15) is 27.2 Å². The van der Waals surface area contributed by atoms with Crippen molar-refractivity contribution in [3.63, 3.8) is 0 Å². The van der Waals surface area contributed by atoms with Gasteiger partial charge in [-0.2, -0.15) is 4.98 Å². The van der Waals surface area contributed by atoms with E-state index in [4.69, 9.17) is 0 Å². The van der Waals surface area contributed by atoms with E-state index in [2.05, 4.69) is 41.0 Å². The topological polar surface area (TPSA) is 41.1 Å². The Kier molecular flexibility index (Phi) is 3.27. The van der Waals surface area contributed by atoms with E-state index in [1.165, 1.54) is 6.42 Å². The van der Waals surface area contributed by atoms with Crippen molar-refractivity contribution in [2.75, 3.05) is 23.3 Å². The van der Waals surface area contributed by atoms with Gasteiger partial charge in [-0.1, -0.05) is 6.92 Å². The largest absolute Gasteiger partial charge is 0.354 e. The van der Waals surface area contributed by atoms with Crippen LogP contribution in [-0.2, 0) is 0 Å². The Balaban J connectivity index is 2.16. The van der Waals surface area contributed by atoms with Crippen molar-refractivity contribution >= 4 is 11.8 Å². The second-order valence-electron chi connectivity index (χ2n) is 4.61. The molecule has 0 saturated carbocycles. The Bertz CT molecular complexity index is 353. The molecule has 1 fully saturated rings. The molecule has 0 bridgehead atoms. The minimum atomic E-state index is 0.583. The average Bonchev–Trinajstić information content (AvgIpc) is 2.59. The van der Waals surface area contributed by atoms with E-state index >= 15 is 0 Å². The Morgan fingerprint density at radius 3 is 2.94 bits per heavy atom. The van der Waals surface area contributed by atoms with Crippen molar-refractivity contribution in [2.45, 2.75) is 33.2 Å². The van der Waals surface area contributed by atoms with Crippen LogP contribution in [0, 0.1) is 5.92 Å². The molecule has 1 saturated heterocycles. The fraction of sp³-hybridized carbons (Fsp3) is 0.667. The van der Waals surface area contributed by atoms with Gasteiger partial charge in [-0.25, -0.2) is 4.98 Å². The molecule has 1 aliphatic rings. The molecule has 1 aromatic rings. The van der Waals surface area contributed by atoms with Crippen LogP contribution < -0.4 is 10.2 Å². The van der Waals surface area contributed by atoms with E-state index in [-0.39, 0.29) is 0 Å². The first kappa shape index (κ1) is 11.2. The summed E-state index contributed by atoms with van der Waals surface area (Å²) in [6.07, 6.45) is 3.08. The second-order valence-corrected chi connectivity index (χ2v) is 4.61. The summed E-state index contributed by atoms with van der Waals surface area (Å²) in [4.78, 5) is 11.1. The zero-order valence-corrected chi connectivity index (χ0v) is 10.3. The van der Waals surface area contributed by atoms with Crippen LogP contribution in [0.5, 0.6) is 0 Å². The fourth-order valence-corrected chi connectivity index (χ4v) is 2.37. The van der Waals surface area contributed by atoms with Crippen LogP contribution in [0.4, 0.5) is 11.8 Å². The molecule has 0 spiro atoms. The number of aromatic nitrogens is 2. The predicted molar refractivity (Wildman–Crippen MR) is 66.8 cm³/mol. The van der Waals surface area contributed by atoms with Crippen LogP contribution in [-0.4, -0.2) is 29.1 Å². The Labute approximate surface area is 97.1 Å². The van der Waals surface area contributed by atoms with Crippen molar-refractivity contribution in [3.8, 4) is 0 Å². The van der Waals surface area contributed by atoms with E-state index in [9.17, 15) is 0 Å². The van der Waals surface area contributed by atoms with Gasteiger partial charge in [0.1, 0.15) is 5.82 Å². The summed E-state index contributed by atoms with van der Waals surface area (Å²) in [5.74, 6) is 2.53. The number of hydrogen-bond acceptors (Lipinski definition) is 4. The van der Waals surface area contributed by atoms with Gasteiger partial charge >= 0.3 is 0 Å². The Morgan fingerprint density at radius 1 is 1.50 bits per heavy atom. The van der Waals surface area contributed by atoms with Crippen LogP contribution in [0.3, 0.4) is 0 Å². The van der Waals surface area contributed by atoms with Gasteiger partial charge in [0.15, 0.2) is 0 Å². The second kappa shape index (κ2) is 4.68. The highest BCUT2D eigenvalue weighted by Crippen LogP contribution is 2.27. The molecule has 2 atom stereocenters. The molecule has 2 heterocycles. The molecule has 0 aliphatic carbocycles. The molecule has 4 heteroatoms. The van der Waals surface area contributed by atoms with Crippen LogP contribution in [0.2, 0.25) is 0 Å². The van der Waals surface area contributed by atoms with Crippen LogP contribution >= 0.6 is 0 Å². The highest BCUT2D eigenvalue weighted by atomic mass is 15.3. The molecule has 2 rings (SSSR count). The summed E-state index contributed by atoms with van der Waals surface area (Å²) in [5, 5.41) is 3.15. The van der Waals surface area contributed by atoms with Gasteiger partial charge in [0.25, 0.3) is 0 Å². The molecule has 2 unspecified atom stereocenters. The third-order valence-corrected chi connectivity index (χ3v) is 3.05. The number of nitrogens with one attached hydrogen (secondary N) is 1. The quantitative estimate of drug-likeness (QED) is 0.847. The summed E-state index contributed by atoms with van der Waals surface area (Å²) >= 11 is 0. The number of hydrogen-bond donors (Lipinski definition) is 1. The van der Waals surface area contributed by atoms with Crippen LogP contribution in [0.15, 0.2) is 12.3 Å². The SMILES string of the molecule is CCNc1nccc(N2CC(C)CC2C)n1. The minimum absolute atomic E-state index is 0.583. The molecule has 88 valence electrons. The summed E-state index contributed by atoms with van der Waals surface area (Å²) in [7, 11) is 0. The number of anilines is 2. The summed E-state index contributed by atoms with van der Waals surface area (Å²) in [6, 6.07) is 2.58. The number of rotatable bonds is 3. The first-order valence-electron chi connectivity index (χ1n) is 6.04. The van der Waals surface area contributed by atoms with Crippen molar-refractivity contribution in [1.82, 2.24) is 9.97 Å². The molecular weight excluding hydrogens is 200 g/mol. The molecule has 1 aromatic heterocycles. The standard InChI is InChI=1S/C12H20N4/c1-4-13-12-14-6-5-11(15-12)16-8-9(2)7-10(16)3/h5-6,9-10H,4,7-8H2,1-3H3,(H,13,14,15). The van der Waals surface area contributed by atoms with Gasteiger partial charge in [-0.3, -0.25) is 0 Å². The van der Waals surface area contributed by atoms with Crippen LogP contribution in [0.25, 0.3) is 0 Å². The van der Waals surface area contributed by atoms with Gasteiger partial charge < -0.3 is 10.2 Å². The van der Waals surface area contributed by atoms with Crippen molar-refractivity contribution in [1.29, 1.82) is 0 Å². The highest BCUT2D eigenvalue weighted by molar-refractivity contribution is 5.44. The van der Waals surface area contributed by atoms with Gasteiger partial charge in [0.2, 0.25) is 5.95 Å². The predicted octanol–water partition coefficient (Wildman–Crippen LogP) is 2.14. The molecule has 0 amide bonds. The molecular formula is C12H20N4. The van der Waals surface area contributed by atoms with Gasteiger partial charge in [0, 0.05) is 25.3 Å². The minimum Gasteiger partial charge on any atom is -0.354 e.